The summed E-state index contributed by atoms with van der Waals surface area (Å²) in [7, 11) is 0. The Hall–Kier alpha value is -2.51. The molecule has 0 saturated heterocycles. The predicted octanol–water partition coefficient (Wildman–Crippen LogP) is 1.07. The number of hydrogen-bond acceptors (Lipinski definition) is 6. The molecule has 8 heteroatoms. The highest BCUT2D eigenvalue weighted by Crippen LogP contribution is 2.39. The van der Waals surface area contributed by atoms with E-state index in [1.54, 1.807) is 13.0 Å². The average Bonchev–Trinajstić information content (AvgIpc) is 2.62. The Morgan fingerprint density at radius 3 is 3.00 bits per heavy atom. The number of nitrogens with two attached hydrogens (primary N) is 1. The molecule has 4 N–H and O–H groups in total. The summed E-state index contributed by atoms with van der Waals surface area (Å²) in [4.78, 5) is 21.7. The second-order valence-corrected chi connectivity index (χ2v) is 4.52. The van der Waals surface area contributed by atoms with Crippen LogP contribution in [0.1, 0.15) is 13.3 Å². The van der Waals surface area contributed by atoms with Gasteiger partial charge in [-0.05, 0) is 13.3 Å². The molecule has 0 aliphatic carbocycles. The molecule has 1 atom stereocenters. The molecule has 0 radical (unpaired) electrons. The van der Waals surface area contributed by atoms with E-state index in [0.29, 0.717) is 30.3 Å². The van der Waals surface area contributed by atoms with Crippen molar-refractivity contribution < 1.29 is 14.5 Å². The first-order chi connectivity index (χ1) is 9.49. The summed E-state index contributed by atoms with van der Waals surface area (Å²) in [6, 6.07) is 2.35. The van der Waals surface area contributed by atoms with Crippen LogP contribution in [-0.4, -0.2) is 30.0 Å². The molecule has 0 unspecified atom stereocenters. The van der Waals surface area contributed by atoms with Gasteiger partial charge in [-0.1, -0.05) is 0 Å². The third kappa shape index (κ3) is 2.90. The fourth-order valence-corrected chi connectivity index (χ4v) is 1.91. The SMILES string of the molecule is C[C@H](Nc1cc2c(c([N+](=O)[O-])c1)NCCCO2)C(N)=O. The number of nitrogens with one attached hydrogen (secondary N) is 2. The third-order valence-corrected chi connectivity index (χ3v) is 2.97. The van der Waals surface area contributed by atoms with Crippen LogP contribution in [0, 0.1) is 10.1 Å². The first-order valence-corrected chi connectivity index (χ1v) is 6.24. The van der Waals surface area contributed by atoms with Crippen LogP contribution in [0.2, 0.25) is 0 Å². The number of nitro benzene ring substituents is 1. The van der Waals surface area contributed by atoms with Crippen molar-refractivity contribution in [3.05, 3.63) is 22.2 Å². The lowest BCUT2D eigenvalue weighted by Crippen LogP contribution is -2.32. The van der Waals surface area contributed by atoms with Crippen molar-refractivity contribution >= 4 is 23.0 Å². The zero-order valence-corrected chi connectivity index (χ0v) is 11.0. The van der Waals surface area contributed by atoms with Gasteiger partial charge in [0.15, 0.2) is 11.4 Å². The van der Waals surface area contributed by atoms with Gasteiger partial charge in [0.05, 0.1) is 11.5 Å². The van der Waals surface area contributed by atoms with Crippen LogP contribution in [-0.2, 0) is 4.79 Å². The fourth-order valence-electron chi connectivity index (χ4n) is 1.91. The van der Waals surface area contributed by atoms with Crippen molar-refractivity contribution in [2.24, 2.45) is 5.73 Å². The van der Waals surface area contributed by atoms with Crippen LogP contribution in [0.4, 0.5) is 17.1 Å². The molecule has 1 aliphatic heterocycles. The molecule has 0 saturated carbocycles. The molecule has 0 aromatic heterocycles. The lowest BCUT2D eigenvalue weighted by molar-refractivity contribution is -0.383. The van der Waals surface area contributed by atoms with Gasteiger partial charge in [-0.2, -0.15) is 0 Å². The Balaban J connectivity index is 2.40. The number of rotatable bonds is 4. The standard InChI is InChI=1S/C12H16N4O4/c1-7(12(13)17)15-8-5-9(16(18)19)11-10(6-8)20-4-2-3-14-11/h5-7,14-15H,2-4H2,1H3,(H2,13,17)/t7-/m0/s1. The summed E-state index contributed by atoms with van der Waals surface area (Å²) in [5, 5.41) is 17.0. The minimum atomic E-state index is -0.633. The number of fused-ring (bicyclic) bond motifs is 1. The summed E-state index contributed by atoms with van der Waals surface area (Å²) in [6.45, 7) is 2.67. The highest BCUT2D eigenvalue weighted by atomic mass is 16.6. The monoisotopic (exact) mass is 280 g/mol. The smallest absolute Gasteiger partial charge is 0.298 e. The molecule has 0 bridgehead atoms. The van der Waals surface area contributed by atoms with Crippen LogP contribution in [0.3, 0.4) is 0 Å². The van der Waals surface area contributed by atoms with Gasteiger partial charge in [-0.15, -0.1) is 0 Å². The highest BCUT2D eigenvalue weighted by molar-refractivity contribution is 5.84. The Morgan fingerprint density at radius 1 is 1.60 bits per heavy atom. The lowest BCUT2D eigenvalue weighted by Gasteiger charge is -2.15. The third-order valence-electron chi connectivity index (χ3n) is 2.97. The van der Waals surface area contributed by atoms with Crippen LogP contribution in [0.5, 0.6) is 5.75 Å². The number of benzene rings is 1. The van der Waals surface area contributed by atoms with E-state index in [1.165, 1.54) is 6.07 Å². The number of anilines is 2. The summed E-state index contributed by atoms with van der Waals surface area (Å²) < 4.78 is 5.50. The van der Waals surface area contributed by atoms with E-state index in [4.69, 9.17) is 10.5 Å². The zero-order chi connectivity index (χ0) is 14.7. The molecule has 1 amide bonds. The number of primary amides is 1. The van der Waals surface area contributed by atoms with Gasteiger partial charge in [0.2, 0.25) is 5.91 Å². The molecule has 0 spiro atoms. The van der Waals surface area contributed by atoms with Crippen molar-refractivity contribution in [1.82, 2.24) is 0 Å². The maximum absolute atomic E-state index is 11.1. The largest absolute Gasteiger partial charge is 0.491 e. The Labute approximate surface area is 115 Å². The summed E-state index contributed by atoms with van der Waals surface area (Å²) in [5.74, 6) is -0.141. The topological polar surface area (TPSA) is 120 Å². The van der Waals surface area contributed by atoms with Gasteiger partial charge in [-0.3, -0.25) is 14.9 Å². The van der Waals surface area contributed by atoms with E-state index in [0.717, 1.165) is 6.42 Å². The first kappa shape index (κ1) is 13.9. The average molecular weight is 280 g/mol. The quantitative estimate of drug-likeness (QED) is 0.560. The first-order valence-electron chi connectivity index (χ1n) is 6.24. The van der Waals surface area contributed by atoms with Gasteiger partial charge in [-0.25, -0.2) is 0 Å². The molecule has 8 nitrogen and oxygen atoms in total. The number of nitro groups is 1. The number of carbonyl (C=O) groups is 1. The maximum atomic E-state index is 11.1. The summed E-state index contributed by atoms with van der Waals surface area (Å²) in [6.07, 6.45) is 0.756. The molecule has 1 aromatic rings. The molecule has 20 heavy (non-hydrogen) atoms. The number of hydrogen-bond donors (Lipinski definition) is 3. The minimum absolute atomic E-state index is 0.0939. The number of carbonyl (C=O) groups excluding carboxylic acids is 1. The van der Waals surface area contributed by atoms with Gasteiger partial charge >= 0.3 is 0 Å². The Bertz CT molecular complexity index is 547. The van der Waals surface area contributed by atoms with Gasteiger partial charge < -0.3 is 21.1 Å². The van der Waals surface area contributed by atoms with E-state index in [2.05, 4.69) is 10.6 Å². The molecule has 0 fully saturated rings. The van der Waals surface area contributed by atoms with Crippen LogP contribution >= 0.6 is 0 Å². The molecule has 1 aliphatic rings. The summed E-state index contributed by atoms with van der Waals surface area (Å²) >= 11 is 0. The highest BCUT2D eigenvalue weighted by Gasteiger charge is 2.23. The number of ether oxygens (including phenoxy) is 1. The van der Waals surface area contributed by atoms with E-state index in [1.807, 2.05) is 0 Å². The molecular formula is C12H16N4O4. The normalized spacial score (nSPS) is 15.1. The minimum Gasteiger partial charge on any atom is -0.491 e. The van der Waals surface area contributed by atoms with Crippen molar-refractivity contribution in [2.75, 3.05) is 23.8 Å². The van der Waals surface area contributed by atoms with Crippen LogP contribution < -0.4 is 21.1 Å². The predicted molar refractivity (Wildman–Crippen MR) is 74.0 cm³/mol. The van der Waals surface area contributed by atoms with E-state index in [-0.39, 0.29) is 5.69 Å². The fraction of sp³-hybridized carbons (Fsp3) is 0.417. The van der Waals surface area contributed by atoms with Crippen molar-refractivity contribution in [1.29, 1.82) is 0 Å². The molecule has 1 heterocycles. The van der Waals surface area contributed by atoms with Gasteiger partial charge in [0, 0.05) is 24.4 Å². The second-order valence-electron chi connectivity index (χ2n) is 4.52. The Kier molecular flexibility index (Phi) is 3.92. The van der Waals surface area contributed by atoms with Gasteiger partial charge in [0.1, 0.15) is 6.04 Å². The van der Waals surface area contributed by atoms with E-state index < -0.39 is 16.9 Å². The van der Waals surface area contributed by atoms with E-state index in [9.17, 15) is 14.9 Å². The van der Waals surface area contributed by atoms with E-state index >= 15 is 0 Å². The number of amides is 1. The lowest BCUT2D eigenvalue weighted by atomic mass is 10.2. The second kappa shape index (κ2) is 5.64. The van der Waals surface area contributed by atoms with Crippen LogP contribution in [0.25, 0.3) is 0 Å². The van der Waals surface area contributed by atoms with Gasteiger partial charge in [0.25, 0.3) is 5.69 Å². The zero-order valence-electron chi connectivity index (χ0n) is 11.0. The van der Waals surface area contributed by atoms with Crippen molar-refractivity contribution in [2.45, 2.75) is 19.4 Å². The maximum Gasteiger partial charge on any atom is 0.298 e. The van der Waals surface area contributed by atoms with Crippen molar-refractivity contribution in [3.63, 3.8) is 0 Å². The molecule has 2 rings (SSSR count). The number of nitrogens with zero attached hydrogens (tertiary/aromatic N) is 1. The molecular weight excluding hydrogens is 264 g/mol. The van der Waals surface area contributed by atoms with Crippen LogP contribution in [0.15, 0.2) is 12.1 Å². The summed E-state index contributed by atoms with van der Waals surface area (Å²) in [5.41, 5.74) is 5.86. The molecule has 1 aromatic carbocycles. The van der Waals surface area contributed by atoms with Crippen molar-refractivity contribution in [3.8, 4) is 5.75 Å². The Morgan fingerprint density at radius 2 is 2.35 bits per heavy atom. The molecule has 108 valence electrons.